The Hall–Kier alpha value is -4.63. The molecule has 9 heteroatoms. The minimum atomic E-state index is -0.269. The first-order valence-electron chi connectivity index (χ1n) is 11.1. The Balaban J connectivity index is 1.25. The average molecular weight is 496 g/mol. The van der Waals surface area contributed by atoms with E-state index in [1.54, 1.807) is 24.3 Å². The molecule has 178 valence electrons. The van der Waals surface area contributed by atoms with Gasteiger partial charge in [-0.1, -0.05) is 30.3 Å². The van der Waals surface area contributed by atoms with Crippen molar-refractivity contribution in [3.8, 4) is 34.2 Å². The number of aromatic nitrogens is 3. The predicted molar refractivity (Wildman–Crippen MR) is 140 cm³/mol. The van der Waals surface area contributed by atoms with E-state index in [-0.39, 0.29) is 11.8 Å². The summed E-state index contributed by atoms with van der Waals surface area (Å²) < 4.78 is 5.85. The van der Waals surface area contributed by atoms with Crippen molar-refractivity contribution in [2.75, 3.05) is 10.6 Å². The highest BCUT2D eigenvalue weighted by Gasteiger charge is 2.14. The van der Waals surface area contributed by atoms with E-state index in [2.05, 4.69) is 25.8 Å². The van der Waals surface area contributed by atoms with E-state index in [9.17, 15) is 9.59 Å². The van der Waals surface area contributed by atoms with Gasteiger partial charge < -0.3 is 9.73 Å². The molecule has 0 saturated heterocycles. The highest BCUT2D eigenvalue weighted by Crippen LogP contribution is 2.28. The van der Waals surface area contributed by atoms with Gasteiger partial charge in [0.2, 0.25) is 17.7 Å². The number of amides is 2. The zero-order chi connectivity index (χ0) is 25.1. The number of anilines is 2. The standard InChI is InChI=1S/C27H21N5O3S/c1-16-5-3-4-6-22(16)26-32-31-25(35-26)20-9-7-19(8-10-20)24(34)30-27-29-23(15-36-27)18-11-13-21(14-12-18)28-17(2)33/h3-15H,1-2H3,(H,28,33)(H,29,30,34). The fourth-order valence-corrected chi connectivity index (χ4v) is 4.30. The smallest absolute Gasteiger partial charge is 0.257 e. The van der Waals surface area contributed by atoms with E-state index in [4.69, 9.17) is 4.42 Å². The lowest BCUT2D eigenvalue weighted by Crippen LogP contribution is -2.11. The number of benzene rings is 3. The summed E-state index contributed by atoms with van der Waals surface area (Å²) in [6.07, 6.45) is 0. The third-order valence-electron chi connectivity index (χ3n) is 5.42. The van der Waals surface area contributed by atoms with E-state index in [1.165, 1.54) is 18.3 Å². The van der Waals surface area contributed by atoms with Crippen LogP contribution in [0.25, 0.3) is 34.2 Å². The van der Waals surface area contributed by atoms with Crippen LogP contribution in [0.3, 0.4) is 0 Å². The maximum atomic E-state index is 12.7. The minimum Gasteiger partial charge on any atom is -0.416 e. The number of carbonyl (C=O) groups excluding carboxylic acids is 2. The molecule has 0 atom stereocenters. The van der Waals surface area contributed by atoms with Gasteiger partial charge in [0, 0.05) is 40.2 Å². The van der Waals surface area contributed by atoms with E-state index in [0.717, 1.165) is 27.9 Å². The van der Waals surface area contributed by atoms with Crippen molar-refractivity contribution in [2.24, 2.45) is 0 Å². The first-order chi connectivity index (χ1) is 17.5. The Labute approximate surface area is 211 Å². The molecule has 0 bridgehead atoms. The van der Waals surface area contributed by atoms with Crippen LogP contribution in [0, 0.1) is 6.92 Å². The molecule has 3 aromatic carbocycles. The summed E-state index contributed by atoms with van der Waals surface area (Å²) in [5.41, 5.74) is 5.47. The van der Waals surface area contributed by atoms with Crippen LogP contribution in [0.15, 0.2) is 82.6 Å². The fourth-order valence-electron chi connectivity index (χ4n) is 3.59. The summed E-state index contributed by atoms with van der Waals surface area (Å²) >= 11 is 1.34. The monoisotopic (exact) mass is 495 g/mol. The zero-order valence-electron chi connectivity index (χ0n) is 19.5. The highest BCUT2D eigenvalue weighted by molar-refractivity contribution is 7.14. The Kier molecular flexibility index (Phi) is 6.38. The molecule has 0 saturated carbocycles. The number of carbonyl (C=O) groups is 2. The number of aryl methyl sites for hydroxylation is 1. The summed E-state index contributed by atoms with van der Waals surface area (Å²) in [6, 6.07) is 22.1. The highest BCUT2D eigenvalue weighted by atomic mass is 32.1. The molecule has 2 N–H and O–H groups in total. The van der Waals surface area contributed by atoms with Gasteiger partial charge in [-0.05, 0) is 55.0 Å². The van der Waals surface area contributed by atoms with Crippen LogP contribution in [0.1, 0.15) is 22.8 Å². The summed E-state index contributed by atoms with van der Waals surface area (Å²) in [7, 11) is 0. The summed E-state index contributed by atoms with van der Waals surface area (Å²) in [6.45, 7) is 3.45. The molecular weight excluding hydrogens is 474 g/mol. The predicted octanol–water partition coefficient (Wildman–Crippen LogP) is 6.05. The molecule has 8 nitrogen and oxygen atoms in total. The molecule has 0 spiro atoms. The zero-order valence-corrected chi connectivity index (χ0v) is 20.3. The van der Waals surface area contributed by atoms with Crippen LogP contribution in [0.4, 0.5) is 10.8 Å². The SMILES string of the molecule is CC(=O)Nc1ccc(-c2csc(NC(=O)c3ccc(-c4nnc(-c5ccccc5C)o4)cc3)n2)cc1. The lowest BCUT2D eigenvalue weighted by atomic mass is 10.1. The lowest BCUT2D eigenvalue weighted by Gasteiger charge is -2.03. The van der Waals surface area contributed by atoms with Gasteiger partial charge in [0.25, 0.3) is 5.91 Å². The molecule has 2 amide bonds. The van der Waals surface area contributed by atoms with Gasteiger partial charge in [-0.25, -0.2) is 4.98 Å². The first kappa shape index (κ1) is 23.1. The summed E-state index contributed by atoms with van der Waals surface area (Å²) in [4.78, 5) is 28.4. The largest absolute Gasteiger partial charge is 0.416 e. The minimum absolute atomic E-state index is 0.126. The fraction of sp³-hybridized carbons (Fsp3) is 0.0741. The molecule has 2 aromatic heterocycles. The molecule has 0 radical (unpaired) electrons. The van der Waals surface area contributed by atoms with Gasteiger partial charge in [-0.3, -0.25) is 14.9 Å². The van der Waals surface area contributed by atoms with Crippen molar-refractivity contribution in [2.45, 2.75) is 13.8 Å². The van der Waals surface area contributed by atoms with Crippen LogP contribution < -0.4 is 10.6 Å². The number of hydrogen-bond donors (Lipinski definition) is 2. The Bertz CT molecular complexity index is 1540. The van der Waals surface area contributed by atoms with Gasteiger partial charge in [0.15, 0.2) is 5.13 Å². The van der Waals surface area contributed by atoms with Crippen LogP contribution in [0.5, 0.6) is 0 Å². The molecule has 36 heavy (non-hydrogen) atoms. The van der Waals surface area contributed by atoms with E-state index < -0.39 is 0 Å². The van der Waals surface area contributed by atoms with Gasteiger partial charge in [0.1, 0.15) is 0 Å². The second-order valence-corrected chi connectivity index (χ2v) is 8.91. The molecule has 0 fully saturated rings. The topological polar surface area (TPSA) is 110 Å². The quantitative estimate of drug-likeness (QED) is 0.297. The van der Waals surface area contributed by atoms with E-state index >= 15 is 0 Å². The second kappa shape index (κ2) is 9.93. The van der Waals surface area contributed by atoms with Gasteiger partial charge in [-0.2, -0.15) is 0 Å². The van der Waals surface area contributed by atoms with Crippen molar-refractivity contribution in [1.29, 1.82) is 0 Å². The molecule has 0 aliphatic heterocycles. The normalized spacial score (nSPS) is 10.7. The second-order valence-electron chi connectivity index (χ2n) is 8.06. The van der Waals surface area contributed by atoms with E-state index in [1.807, 2.05) is 60.8 Å². The van der Waals surface area contributed by atoms with Crippen molar-refractivity contribution >= 4 is 34.0 Å². The molecule has 0 unspecified atom stereocenters. The van der Waals surface area contributed by atoms with Crippen LogP contribution >= 0.6 is 11.3 Å². The average Bonchev–Trinajstić information content (AvgIpc) is 3.55. The Morgan fingerprint density at radius 3 is 2.25 bits per heavy atom. The van der Waals surface area contributed by atoms with Crippen LogP contribution in [0.2, 0.25) is 0 Å². The van der Waals surface area contributed by atoms with Crippen molar-refractivity contribution < 1.29 is 14.0 Å². The van der Waals surface area contributed by atoms with Crippen molar-refractivity contribution in [3.05, 3.63) is 89.3 Å². The maximum Gasteiger partial charge on any atom is 0.257 e. The summed E-state index contributed by atoms with van der Waals surface area (Å²) in [5.74, 6) is 0.441. The summed E-state index contributed by atoms with van der Waals surface area (Å²) in [5, 5.41) is 16.2. The Morgan fingerprint density at radius 1 is 0.833 bits per heavy atom. The number of nitrogens with one attached hydrogen (secondary N) is 2. The van der Waals surface area contributed by atoms with Gasteiger partial charge >= 0.3 is 0 Å². The lowest BCUT2D eigenvalue weighted by molar-refractivity contribution is -0.114. The number of nitrogens with zero attached hydrogens (tertiary/aromatic N) is 3. The number of thiazole rings is 1. The van der Waals surface area contributed by atoms with Crippen LogP contribution in [-0.2, 0) is 4.79 Å². The Morgan fingerprint density at radius 2 is 1.53 bits per heavy atom. The van der Waals surface area contributed by atoms with Crippen molar-refractivity contribution in [3.63, 3.8) is 0 Å². The third-order valence-corrected chi connectivity index (χ3v) is 6.18. The molecule has 0 aliphatic carbocycles. The third kappa shape index (κ3) is 5.06. The van der Waals surface area contributed by atoms with Crippen molar-refractivity contribution in [1.82, 2.24) is 15.2 Å². The van der Waals surface area contributed by atoms with Gasteiger partial charge in [0.05, 0.1) is 5.69 Å². The van der Waals surface area contributed by atoms with Crippen LogP contribution in [-0.4, -0.2) is 27.0 Å². The maximum absolute atomic E-state index is 12.7. The molecule has 5 rings (SSSR count). The van der Waals surface area contributed by atoms with Gasteiger partial charge in [-0.15, -0.1) is 21.5 Å². The number of hydrogen-bond acceptors (Lipinski definition) is 7. The molecule has 0 aliphatic rings. The number of rotatable bonds is 6. The van der Waals surface area contributed by atoms with E-state index in [0.29, 0.717) is 28.2 Å². The molecule has 5 aromatic rings. The molecular formula is C27H21N5O3S. The molecule has 2 heterocycles. The first-order valence-corrected chi connectivity index (χ1v) is 12.0.